The maximum absolute atomic E-state index is 12.4. The van der Waals surface area contributed by atoms with E-state index < -0.39 is 21.8 Å². The average Bonchev–Trinajstić information content (AvgIpc) is 2.66. The number of nitrogens with one attached hydrogen (secondary N) is 1. The molecule has 0 aromatic heterocycles. The molecule has 2 amide bonds. The van der Waals surface area contributed by atoms with Gasteiger partial charge >= 0.3 is 18.0 Å². The van der Waals surface area contributed by atoms with E-state index >= 15 is 0 Å². The van der Waals surface area contributed by atoms with Crippen molar-refractivity contribution in [3.05, 3.63) is 41.4 Å². The van der Waals surface area contributed by atoms with Crippen LogP contribution in [0.1, 0.15) is 13.8 Å². The average molecular weight is 492 g/mol. The fourth-order valence-electron chi connectivity index (χ4n) is 2.20. The van der Waals surface area contributed by atoms with Gasteiger partial charge in [-0.2, -0.15) is 0 Å². The van der Waals surface area contributed by atoms with Gasteiger partial charge in [0.05, 0.1) is 10.6 Å². The van der Waals surface area contributed by atoms with Crippen molar-refractivity contribution in [2.75, 3.05) is 39.5 Å². The van der Waals surface area contributed by atoms with Crippen molar-refractivity contribution in [2.24, 2.45) is 0 Å². The number of carboxylic acids is 2. The molecule has 0 saturated carbocycles. The third-order valence-electron chi connectivity index (χ3n) is 3.86. The van der Waals surface area contributed by atoms with E-state index in [2.05, 4.69) is 5.32 Å². The molecule has 0 unspecified atom stereocenters. The molecule has 0 fully saturated rings. The summed E-state index contributed by atoms with van der Waals surface area (Å²) in [4.78, 5) is 35.1. The first-order valence-electron chi connectivity index (χ1n) is 9.57. The van der Waals surface area contributed by atoms with Gasteiger partial charge in [0, 0.05) is 42.9 Å². The van der Waals surface area contributed by atoms with Gasteiger partial charge in [-0.3, -0.25) is 0 Å². The van der Waals surface area contributed by atoms with Crippen LogP contribution in [-0.4, -0.2) is 91.9 Å². The lowest BCUT2D eigenvalue weighted by Crippen LogP contribution is -2.47. The van der Waals surface area contributed by atoms with Gasteiger partial charge in [0.1, 0.15) is 0 Å². The van der Waals surface area contributed by atoms with Gasteiger partial charge in [-0.1, -0.05) is 11.6 Å². The standard InChI is InChI=1S/C16H26ClN3O3S.C4H4O4/c1-13(2)20(16(21)18-9-10-19(3)4)11-12-24(22,23)15-7-5-14(17)6-8-15;5-3(6)1-2-4(7)8/h5-8,13H,9-12H2,1-4H3,(H,18,21);1-2H,(H,5,6)(H,7,8)/b;2-1-. The number of rotatable bonds is 10. The molecule has 3 N–H and O–H groups in total. The molecular formula is C20H30ClN3O7S. The molecule has 0 spiro atoms. The summed E-state index contributed by atoms with van der Waals surface area (Å²) in [6, 6.07) is 5.71. The van der Waals surface area contributed by atoms with E-state index in [0.29, 0.717) is 23.7 Å². The molecule has 0 saturated heterocycles. The first kappa shape index (κ1) is 29.4. The van der Waals surface area contributed by atoms with Crippen LogP contribution < -0.4 is 5.32 Å². The zero-order chi connectivity index (χ0) is 24.9. The minimum Gasteiger partial charge on any atom is -0.478 e. The predicted octanol–water partition coefficient (Wildman–Crippen LogP) is 1.81. The van der Waals surface area contributed by atoms with Gasteiger partial charge in [-0.25, -0.2) is 22.8 Å². The number of hydrogen-bond acceptors (Lipinski definition) is 6. The smallest absolute Gasteiger partial charge is 0.328 e. The molecule has 0 aliphatic heterocycles. The molecule has 0 atom stereocenters. The van der Waals surface area contributed by atoms with Crippen LogP contribution in [-0.2, 0) is 19.4 Å². The van der Waals surface area contributed by atoms with Crippen LogP contribution >= 0.6 is 11.6 Å². The Bertz CT molecular complexity index is 869. The summed E-state index contributed by atoms with van der Waals surface area (Å²) in [6.45, 7) is 5.09. The van der Waals surface area contributed by atoms with Crippen LogP contribution in [0.5, 0.6) is 0 Å². The molecular weight excluding hydrogens is 462 g/mol. The summed E-state index contributed by atoms with van der Waals surface area (Å²) < 4.78 is 24.8. The van der Waals surface area contributed by atoms with E-state index in [9.17, 15) is 22.8 Å². The lowest BCUT2D eigenvalue weighted by atomic mass is 10.3. The molecule has 0 heterocycles. The number of carbonyl (C=O) groups is 3. The number of urea groups is 1. The van der Waals surface area contributed by atoms with Crippen molar-refractivity contribution in [2.45, 2.75) is 24.8 Å². The fraction of sp³-hybridized carbons (Fsp3) is 0.450. The van der Waals surface area contributed by atoms with Crippen LogP contribution in [0.2, 0.25) is 5.02 Å². The molecule has 32 heavy (non-hydrogen) atoms. The second kappa shape index (κ2) is 14.4. The van der Waals surface area contributed by atoms with Crippen molar-refractivity contribution in [1.29, 1.82) is 0 Å². The van der Waals surface area contributed by atoms with Gasteiger partial charge in [-0.05, 0) is 52.2 Å². The second-order valence-electron chi connectivity index (χ2n) is 7.10. The zero-order valence-electron chi connectivity index (χ0n) is 18.5. The van der Waals surface area contributed by atoms with Crippen molar-refractivity contribution < 1.29 is 33.0 Å². The third kappa shape index (κ3) is 12.9. The first-order chi connectivity index (χ1) is 14.8. The van der Waals surface area contributed by atoms with Crippen LogP contribution in [0.4, 0.5) is 4.79 Å². The number of carbonyl (C=O) groups excluding carboxylic acids is 1. The highest BCUT2D eigenvalue weighted by Gasteiger charge is 2.21. The Balaban J connectivity index is 0.00000102. The lowest BCUT2D eigenvalue weighted by Gasteiger charge is -2.27. The number of hydrogen-bond donors (Lipinski definition) is 3. The summed E-state index contributed by atoms with van der Waals surface area (Å²) in [7, 11) is 0.382. The summed E-state index contributed by atoms with van der Waals surface area (Å²) in [5.74, 6) is -2.65. The molecule has 1 rings (SSSR count). The number of likely N-dealkylation sites (N-methyl/N-ethyl adjacent to an activating group) is 1. The minimum absolute atomic E-state index is 0.0928. The van der Waals surface area contributed by atoms with Crippen LogP contribution in [0.25, 0.3) is 0 Å². The Hall–Kier alpha value is -2.63. The number of sulfone groups is 1. The number of amides is 2. The maximum Gasteiger partial charge on any atom is 0.328 e. The molecule has 0 aliphatic carbocycles. The van der Waals surface area contributed by atoms with E-state index in [0.717, 1.165) is 6.54 Å². The molecule has 0 aliphatic rings. The Labute approximate surface area is 193 Å². The Morgan fingerprint density at radius 2 is 1.53 bits per heavy atom. The van der Waals surface area contributed by atoms with Gasteiger partial charge in [0.25, 0.3) is 0 Å². The summed E-state index contributed by atoms with van der Waals surface area (Å²) in [5, 5.41) is 18.9. The van der Waals surface area contributed by atoms with Crippen molar-refractivity contribution >= 4 is 39.4 Å². The Morgan fingerprint density at radius 1 is 1.03 bits per heavy atom. The number of benzene rings is 1. The van der Waals surface area contributed by atoms with Crippen LogP contribution in [0, 0.1) is 0 Å². The van der Waals surface area contributed by atoms with Crippen LogP contribution in [0.15, 0.2) is 41.3 Å². The van der Waals surface area contributed by atoms with Gasteiger partial charge in [0.2, 0.25) is 0 Å². The molecule has 0 bridgehead atoms. The highest BCUT2D eigenvalue weighted by atomic mass is 35.5. The highest BCUT2D eigenvalue weighted by molar-refractivity contribution is 7.91. The summed E-state index contributed by atoms with van der Waals surface area (Å²) >= 11 is 5.78. The Kier molecular flexibility index (Phi) is 13.2. The molecule has 180 valence electrons. The largest absolute Gasteiger partial charge is 0.478 e. The summed E-state index contributed by atoms with van der Waals surface area (Å²) in [5.41, 5.74) is 0. The fourth-order valence-corrected chi connectivity index (χ4v) is 3.55. The van der Waals surface area contributed by atoms with E-state index in [4.69, 9.17) is 21.8 Å². The molecule has 10 nitrogen and oxygen atoms in total. The highest BCUT2D eigenvalue weighted by Crippen LogP contribution is 2.16. The third-order valence-corrected chi connectivity index (χ3v) is 5.82. The van der Waals surface area contributed by atoms with Crippen molar-refractivity contribution in [1.82, 2.24) is 15.1 Å². The zero-order valence-corrected chi connectivity index (χ0v) is 20.1. The van der Waals surface area contributed by atoms with E-state index in [1.165, 1.54) is 17.0 Å². The molecule has 12 heteroatoms. The second-order valence-corrected chi connectivity index (χ2v) is 9.65. The molecule has 1 aromatic rings. The molecule has 0 radical (unpaired) electrons. The topological polar surface area (TPSA) is 144 Å². The lowest BCUT2D eigenvalue weighted by molar-refractivity contribution is -0.134. The van der Waals surface area contributed by atoms with Crippen molar-refractivity contribution in [3.63, 3.8) is 0 Å². The van der Waals surface area contributed by atoms with Gasteiger partial charge in [0.15, 0.2) is 9.84 Å². The van der Waals surface area contributed by atoms with Gasteiger partial charge in [-0.15, -0.1) is 0 Å². The molecule has 1 aromatic carbocycles. The normalized spacial score (nSPS) is 11.2. The van der Waals surface area contributed by atoms with Gasteiger partial charge < -0.3 is 25.3 Å². The maximum atomic E-state index is 12.4. The van der Waals surface area contributed by atoms with E-state index in [1.54, 1.807) is 12.1 Å². The Morgan fingerprint density at radius 3 is 1.94 bits per heavy atom. The SMILES string of the molecule is CC(C)N(CCS(=O)(=O)c1ccc(Cl)cc1)C(=O)NCCN(C)C.O=C(O)/C=C\C(=O)O. The quantitative estimate of drug-likeness (QED) is 0.420. The number of halogens is 1. The van der Waals surface area contributed by atoms with E-state index in [1.807, 2.05) is 32.8 Å². The van der Waals surface area contributed by atoms with Crippen molar-refractivity contribution in [3.8, 4) is 0 Å². The monoisotopic (exact) mass is 491 g/mol. The van der Waals surface area contributed by atoms with Crippen LogP contribution in [0.3, 0.4) is 0 Å². The number of carboxylic acid groups (broad SMARTS) is 2. The number of nitrogens with zero attached hydrogens (tertiary/aromatic N) is 2. The summed E-state index contributed by atoms with van der Waals surface area (Å²) in [6.07, 6.45) is 1.12. The predicted molar refractivity (Wildman–Crippen MR) is 122 cm³/mol. The van der Waals surface area contributed by atoms with E-state index in [-0.39, 0.29) is 29.3 Å². The number of aliphatic carboxylic acids is 2. The first-order valence-corrected chi connectivity index (χ1v) is 11.6. The minimum atomic E-state index is -3.46.